The molecule has 1 saturated heterocycles. The van der Waals surface area contributed by atoms with Crippen LogP contribution in [0.3, 0.4) is 0 Å². The second-order valence-electron chi connectivity index (χ2n) is 2.72. The van der Waals surface area contributed by atoms with Crippen LogP contribution in [-0.2, 0) is 0 Å². The van der Waals surface area contributed by atoms with E-state index in [0.717, 1.165) is 0 Å². The quantitative estimate of drug-likeness (QED) is 0.306. The smallest absolute Gasteiger partial charge is 0.0949 e. The first-order chi connectivity index (χ1) is 5.20. The molecule has 0 unspecified atom stereocenters. The average molecular weight is 163 g/mol. The zero-order valence-corrected chi connectivity index (χ0v) is 6.01. The van der Waals surface area contributed by atoms with E-state index in [2.05, 4.69) is 5.32 Å². The van der Waals surface area contributed by atoms with Crippen molar-refractivity contribution in [2.45, 2.75) is 24.3 Å². The average Bonchev–Trinajstić information content (AvgIpc) is 2.02. The highest BCUT2D eigenvalue weighted by Gasteiger charge is 2.42. The molecule has 0 aromatic rings. The van der Waals surface area contributed by atoms with Crippen molar-refractivity contribution in [3.8, 4) is 0 Å². The topological polar surface area (TPSA) is 93.0 Å². The molecule has 11 heavy (non-hydrogen) atoms. The van der Waals surface area contributed by atoms with Gasteiger partial charge in [0.25, 0.3) is 0 Å². The third-order valence-corrected chi connectivity index (χ3v) is 1.99. The molecule has 1 rings (SSSR count). The summed E-state index contributed by atoms with van der Waals surface area (Å²) in [6, 6.07) is -0.863. The number of aliphatic hydroxyl groups is 4. The van der Waals surface area contributed by atoms with E-state index in [9.17, 15) is 5.11 Å². The predicted octanol–water partition coefficient (Wildman–Crippen LogP) is -2.97. The van der Waals surface area contributed by atoms with Crippen LogP contribution in [0.2, 0.25) is 0 Å². The minimum absolute atomic E-state index is 0.157. The normalized spacial score (nSPS) is 39.8. The zero-order chi connectivity index (χ0) is 8.43. The molecule has 0 aromatic heterocycles. The van der Waals surface area contributed by atoms with Crippen molar-refractivity contribution in [1.82, 2.24) is 5.32 Å². The lowest BCUT2D eigenvalue weighted by molar-refractivity contribution is -0.0778. The van der Waals surface area contributed by atoms with Gasteiger partial charge in [-0.1, -0.05) is 0 Å². The van der Waals surface area contributed by atoms with E-state index in [4.69, 9.17) is 15.3 Å². The lowest BCUT2D eigenvalue weighted by atomic mass is 9.89. The van der Waals surface area contributed by atoms with Gasteiger partial charge in [-0.3, -0.25) is 0 Å². The lowest BCUT2D eigenvalue weighted by Crippen LogP contribution is -2.71. The SMILES string of the molecule is OC[C@@H](O)[C@H]1N[C@@H](CO)[C@H]1O. The maximum atomic E-state index is 9.18. The molecule has 4 atom stereocenters. The largest absolute Gasteiger partial charge is 0.395 e. The molecule has 0 aromatic carbocycles. The van der Waals surface area contributed by atoms with Crippen LogP contribution in [0, 0.1) is 0 Å². The Morgan fingerprint density at radius 3 is 2.36 bits per heavy atom. The van der Waals surface area contributed by atoms with Gasteiger partial charge >= 0.3 is 0 Å². The highest BCUT2D eigenvalue weighted by Crippen LogP contribution is 2.15. The number of aliphatic hydroxyl groups excluding tert-OH is 4. The third-order valence-electron chi connectivity index (χ3n) is 1.99. The molecule has 0 bridgehead atoms. The number of hydrogen-bond acceptors (Lipinski definition) is 5. The molecule has 5 heteroatoms. The molecule has 5 nitrogen and oxygen atoms in total. The molecule has 0 saturated carbocycles. The summed E-state index contributed by atoms with van der Waals surface area (Å²) in [6.45, 7) is -0.539. The van der Waals surface area contributed by atoms with Gasteiger partial charge in [0.1, 0.15) is 0 Å². The van der Waals surface area contributed by atoms with Gasteiger partial charge in [-0.2, -0.15) is 0 Å². The Kier molecular flexibility index (Phi) is 2.80. The van der Waals surface area contributed by atoms with E-state index >= 15 is 0 Å². The van der Waals surface area contributed by atoms with E-state index in [1.807, 2.05) is 0 Å². The van der Waals surface area contributed by atoms with Gasteiger partial charge in [0.15, 0.2) is 0 Å². The first-order valence-electron chi connectivity index (χ1n) is 3.54. The Morgan fingerprint density at radius 2 is 2.00 bits per heavy atom. The molecule has 5 N–H and O–H groups in total. The van der Waals surface area contributed by atoms with Crippen LogP contribution in [-0.4, -0.2) is 57.9 Å². The fourth-order valence-corrected chi connectivity index (χ4v) is 1.19. The zero-order valence-electron chi connectivity index (χ0n) is 6.01. The van der Waals surface area contributed by atoms with Crippen LogP contribution in [0.25, 0.3) is 0 Å². The fourth-order valence-electron chi connectivity index (χ4n) is 1.19. The Labute approximate surface area is 64.3 Å². The maximum absolute atomic E-state index is 9.18. The van der Waals surface area contributed by atoms with Gasteiger partial charge in [-0.15, -0.1) is 0 Å². The molecule has 0 spiro atoms. The van der Waals surface area contributed by atoms with Crippen molar-refractivity contribution < 1.29 is 20.4 Å². The summed E-state index contributed by atoms with van der Waals surface area (Å²) >= 11 is 0. The molecule has 0 amide bonds. The van der Waals surface area contributed by atoms with Gasteiger partial charge in [0, 0.05) is 0 Å². The number of rotatable bonds is 3. The molecular formula is C6H13NO4. The molecule has 1 aliphatic heterocycles. The van der Waals surface area contributed by atoms with Crippen molar-refractivity contribution in [3.05, 3.63) is 0 Å². The summed E-state index contributed by atoms with van der Waals surface area (Å²) in [5.74, 6) is 0. The molecule has 0 aliphatic carbocycles. The van der Waals surface area contributed by atoms with E-state index in [0.29, 0.717) is 0 Å². The monoisotopic (exact) mass is 163 g/mol. The van der Waals surface area contributed by atoms with Crippen molar-refractivity contribution in [2.75, 3.05) is 13.2 Å². The fraction of sp³-hybridized carbons (Fsp3) is 1.00. The number of nitrogens with one attached hydrogen (secondary N) is 1. The second kappa shape index (κ2) is 3.46. The highest BCUT2D eigenvalue weighted by atomic mass is 16.3. The molecule has 1 heterocycles. The van der Waals surface area contributed by atoms with Crippen LogP contribution >= 0.6 is 0 Å². The molecule has 66 valence electrons. The standard InChI is InChI=1S/C6H13NO4/c8-1-3-6(11)5(7-3)4(10)2-9/h3-11H,1-2H2/t3-,4+,5+,6+/m0/s1. The first kappa shape index (κ1) is 8.89. The van der Waals surface area contributed by atoms with Crippen molar-refractivity contribution in [3.63, 3.8) is 0 Å². The Balaban J connectivity index is 2.32. The summed E-state index contributed by atoms with van der Waals surface area (Å²) in [7, 11) is 0. The summed E-state index contributed by atoms with van der Waals surface area (Å²) in [6.07, 6.45) is -1.71. The summed E-state index contributed by atoms with van der Waals surface area (Å²) in [5, 5.41) is 37.9. The predicted molar refractivity (Wildman–Crippen MR) is 36.9 cm³/mol. The van der Waals surface area contributed by atoms with Gasteiger partial charge < -0.3 is 25.7 Å². The molecular weight excluding hydrogens is 150 g/mol. The van der Waals surface area contributed by atoms with Crippen LogP contribution in [0.1, 0.15) is 0 Å². The van der Waals surface area contributed by atoms with Crippen molar-refractivity contribution in [2.24, 2.45) is 0 Å². The Bertz CT molecular complexity index is 132. The Hall–Kier alpha value is -0.200. The maximum Gasteiger partial charge on any atom is 0.0949 e. The van der Waals surface area contributed by atoms with Gasteiger partial charge in [0.2, 0.25) is 0 Å². The van der Waals surface area contributed by atoms with E-state index in [-0.39, 0.29) is 19.3 Å². The van der Waals surface area contributed by atoms with Crippen molar-refractivity contribution in [1.29, 1.82) is 0 Å². The van der Waals surface area contributed by atoms with Crippen LogP contribution in [0.5, 0.6) is 0 Å². The summed E-state index contributed by atoms with van der Waals surface area (Å²) < 4.78 is 0. The van der Waals surface area contributed by atoms with Crippen LogP contribution in [0.15, 0.2) is 0 Å². The molecule has 0 radical (unpaired) electrons. The van der Waals surface area contributed by atoms with Gasteiger partial charge in [0.05, 0.1) is 37.5 Å². The minimum atomic E-state index is -0.951. The van der Waals surface area contributed by atoms with Crippen LogP contribution in [0.4, 0.5) is 0 Å². The van der Waals surface area contributed by atoms with Crippen molar-refractivity contribution >= 4 is 0 Å². The summed E-state index contributed by atoms with van der Waals surface area (Å²) in [4.78, 5) is 0. The van der Waals surface area contributed by atoms with Crippen LogP contribution < -0.4 is 5.32 Å². The minimum Gasteiger partial charge on any atom is -0.395 e. The van der Waals surface area contributed by atoms with Gasteiger partial charge in [-0.05, 0) is 0 Å². The second-order valence-corrected chi connectivity index (χ2v) is 2.72. The molecule has 1 fully saturated rings. The van der Waals surface area contributed by atoms with E-state index < -0.39 is 18.2 Å². The lowest BCUT2D eigenvalue weighted by Gasteiger charge is -2.43. The van der Waals surface area contributed by atoms with Gasteiger partial charge in [-0.25, -0.2) is 0 Å². The first-order valence-corrected chi connectivity index (χ1v) is 3.54. The number of hydrogen-bond donors (Lipinski definition) is 5. The van der Waals surface area contributed by atoms with E-state index in [1.54, 1.807) is 0 Å². The highest BCUT2D eigenvalue weighted by molar-refractivity contribution is 5.01. The Morgan fingerprint density at radius 1 is 1.36 bits per heavy atom. The third kappa shape index (κ3) is 1.52. The summed E-state index contributed by atoms with van der Waals surface area (Å²) in [5.41, 5.74) is 0. The molecule has 1 aliphatic rings. The van der Waals surface area contributed by atoms with E-state index in [1.165, 1.54) is 0 Å².